The van der Waals surface area contributed by atoms with Crippen molar-refractivity contribution in [2.45, 2.75) is 12.8 Å². The van der Waals surface area contributed by atoms with Gasteiger partial charge in [0.05, 0.1) is 5.00 Å². The fourth-order valence-electron chi connectivity index (χ4n) is 2.18. The molecule has 1 aromatic rings. The zero-order chi connectivity index (χ0) is 13.1. The van der Waals surface area contributed by atoms with Gasteiger partial charge in [0.15, 0.2) is 0 Å². The third kappa shape index (κ3) is 2.64. The molecule has 1 aromatic heterocycles. The summed E-state index contributed by atoms with van der Waals surface area (Å²) in [6.07, 6.45) is 1.64. The Hall–Kier alpha value is -1.56. The first-order chi connectivity index (χ1) is 8.61. The third-order valence-electron chi connectivity index (χ3n) is 3.23. The van der Waals surface area contributed by atoms with E-state index >= 15 is 0 Å². The molecule has 2 heterocycles. The molecule has 2 N–H and O–H groups in total. The van der Waals surface area contributed by atoms with E-state index in [2.05, 4.69) is 10.2 Å². The Morgan fingerprint density at radius 2 is 2.06 bits per heavy atom. The van der Waals surface area contributed by atoms with Gasteiger partial charge in [0.25, 0.3) is 0 Å². The summed E-state index contributed by atoms with van der Waals surface area (Å²) in [7, 11) is 1.66. The maximum absolute atomic E-state index is 11.5. The second-order valence-corrected chi connectivity index (χ2v) is 5.38. The average molecular weight is 268 g/mol. The van der Waals surface area contributed by atoms with Gasteiger partial charge in [-0.3, -0.25) is 4.79 Å². The lowest BCUT2D eigenvalue weighted by atomic mass is 9.96. The molecular weight excluding hydrogens is 252 g/mol. The van der Waals surface area contributed by atoms with Crippen LogP contribution < -0.4 is 10.2 Å². The zero-order valence-corrected chi connectivity index (χ0v) is 11.0. The Labute approximate surface area is 109 Å². The molecule has 0 atom stereocenters. The van der Waals surface area contributed by atoms with Crippen molar-refractivity contribution in [3.8, 4) is 0 Å². The molecule has 2 rings (SSSR count). The lowest BCUT2D eigenvalue weighted by Crippen LogP contribution is -2.39. The SMILES string of the molecule is CNC(=O)C1CCN(c2ccc(C(=O)O)s2)CC1. The minimum absolute atomic E-state index is 0.0881. The molecule has 1 saturated heterocycles. The highest BCUT2D eigenvalue weighted by Crippen LogP contribution is 2.29. The van der Waals surface area contributed by atoms with Gasteiger partial charge in [-0.15, -0.1) is 11.3 Å². The third-order valence-corrected chi connectivity index (χ3v) is 4.36. The van der Waals surface area contributed by atoms with Crippen LogP contribution in [0.25, 0.3) is 0 Å². The standard InChI is InChI=1S/C12H16N2O3S/c1-13-11(15)8-4-6-14(7-5-8)10-3-2-9(18-10)12(16)17/h2-3,8H,4-7H2,1H3,(H,13,15)(H,16,17). The summed E-state index contributed by atoms with van der Waals surface area (Å²) < 4.78 is 0. The lowest BCUT2D eigenvalue weighted by Gasteiger charge is -2.31. The highest BCUT2D eigenvalue weighted by Gasteiger charge is 2.25. The largest absolute Gasteiger partial charge is 0.477 e. The lowest BCUT2D eigenvalue weighted by molar-refractivity contribution is -0.125. The normalized spacial score (nSPS) is 16.6. The van der Waals surface area contributed by atoms with E-state index in [1.54, 1.807) is 13.1 Å². The van der Waals surface area contributed by atoms with Gasteiger partial charge in [0, 0.05) is 26.1 Å². The van der Waals surface area contributed by atoms with Crippen LogP contribution in [-0.2, 0) is 4.79 Å². The van der Waals surface area contributed by atoms with Gasteiger partial charge in [0.1, 0.15) is 4.88 Å². The number of amides is 1. The van der Waals surface area contributed by atoms with Crippen LogP contribution >= 0.6 is 11.3 Å². The number of piperidine rings is 1. The molecule has 5 nitrogen and oxygen atoms in total. The second kappa shape index (κ2) is 5.39. The van der Waals surface area contributed by atoms with E-state index < -0.39 is 5.97 Å². The van der Waals surface area contributed by atoms with Crippen LogP contribution in [0.5, 0.6) is 0 Å². The maximum atomic E-state index is 11.5. The summed E-state index contributed by atoms with van der Waals surface area (Å²) in [4.78, 5) is 24.8. The van der Waals surface area contributed by atoms with E-state index in [1.165, 1.54) is 11.3 Å². The van der Waals surface area contributed by atoms with Crippen LogP contribution in [-0.4, -0.2) is 37.1 Å². The molecule has 0 bridgehead atoms. The van der Waals surface area contributed by atoms with Crippen molar-refractivity contribution in [1.82, 2.24) is 5.32 Å². The highest BCUT2D eigenvalue weighted by molar-refractivity contribution is 7.17. The first kappa shape index (κ1) is 12.9. The Bertz CT molecular complexity index is 450. The van der Waals surface area contributed by atoms with Crippen molar-refractivity contribution in [2.75, 3.05) is 25.0 Å². The number of hydrogen-bond donors (Lipinski definition) is 2. The molecule has 6 heteroatoms. The maximum Gasteiger partial charge on any atom is 0.345 e. The van der Waals surface area contributed by atoms with Crippen molar-refractivity contribution < 1.29 is 14.7 Å². The number of carbonyl (C=O) groups is 2. The van der Waals surface area contributed by atoms with Gasteiger partial charge in [-0.1, -0.05) is 0 Å². The summed E-state index contributed by atoms with van der Waals surface area (Å²) in [5.41, 5.74) is 0. The van der Waals surface area contributed by atoms with E-state index in [1.807, 2.05) is 6.07 Å². The molecule has 0 radical (unpaired) electrons. The van der Waals surface area contributed by atoms with Gasteiger partial charge < -0.3 is 15.3 Å². The molecule has 1 amide bonds. The fourth-order valence-corrected chi connectivity index (χ4v) is 3.08. The number of carboxylic acid groups (broad SMARTS) is 1. The van der Waals surface area contributed by atoms with Crippen molar-refractivity contribution >= 4 is 28.2 Å². The van der Waals surface area contributed by atoms with E-state index in [4.69, 9.17) is 5.11 Å². The minimum Gasteiger partial charge on any atom is -0.477 e. The Balaban J connectivity index is 1.96. The molecule has 0 aliphatic carbocycles. The Morgan fingerprint density at radius 1 is 1.39 bits per heavy atom. The summed E-state index contributed by atoms with van der Waals surface area (Å²) in [6.45, 7) is 1.61. The molecular formula is C12H16N2O3S. The molecule has 98 valence electrons. The monoisotopic (exact) mass is 268 g/mol. The van der Waals surface area contributed by atoms with Gasteiger partial charge in [-0.2, -0.15) is 0 Å². The smallest absolute Gasteiger partial charge is 0.345 e. The van der Waals surface area contributed by atoms with Gasteiger partial charge >= 0.3 is 5.97 Å². The second-order valence-electron chi connectivity index (χ2n) is 4.32. The number of rotatable bonds is 3. The first-order valence-electron chi connectivity index (χ1n) is 5.91. The zero-order valence-electron chi connectivity index (χ0n) is 10.2. The molecule has 0 spiro atoms. The molecule has 1 aliphatic heterocycles. The van der Waals surface area contributed by atoms with E-state index in [9.17, 15) is 9.59 Å². The van der Waals surface area contributed by atoms with E-state index in [0.29, 0.717) is 4.88 Å². The van der Waals surface area contributed by atoms with Crippen LogP contribution in [0.1, 0.15) is 22.5 Å². The Morgan fingerprint density at radius 3 is 2.56 bits per heavy atom. The molecule has 1 aliphatic rings. The predicted molar refractivity (Wildman–Crippen MR) is 70.3 cm³/mol. The molecule has 0 saturated carbocycles. The number of nitrogens with one attached hydrogen (secondary N) is 1. The van der Waals surface area contributed by atoms with Gasteiger partial charge in [-0.05, 0) is 25.0 Å². The number of nitrogens with zero attached hydrogens (tertiary/aromatic N) is 1. The molecule has 18 heavy (non-hydrogen) atoms. The number of aromatic carboxylic acids is 1. The number of thiophene rings is 1. The molecule has 0 unspecified atom stereocenters. The first-order valence-corrected chi connectivity index (χ1v) is 6.73. The quantitative estimate of drug-likeness (QED) is 0.869. The highest BCUT2D eigenvalue weighted by atomic mass is 32.1. The van der Waals surface area contributed by atoms with Crippen molar-refractivity contribution in [3.05, 3.63) is 17.0 Å². The van der Waals surface area contributed by atoms with E-state index in [-0.39, 0.29) is 11.8 Å². The minimum atomic E-state index is -0.883. The Kier molecular flexibility index (Phi) is 3.86. The summed E-state index contributed by atoms with van der Waals surface area (Å²) in [5.74, 6) is -0.691. The van der Waals surface area contributed by atoms with Crippen LogP contribution in [0.4, 0.5) is 5.00 Å². The van der Waals surface area contributed by atoms with Crippen LogP contribution in [0.15, 0.2) is 12.1 Å². The van der Waals surface area contributed by atoms with Gasteiger partial charge in [-0.25, -0.2) is 4.79 Å². The van der Waals surface area contributed by atoms with Crippen LogP contribution in [0, 0.1) is 5.92 Å². The topological polar surface area (TPSA) is 69.6 Å². The van der Waals surface area contributed by atoms with Gasteiger partial charge in [0.2, 0.25) is 5.91 Å². The predicted octanol–water partition coefficient (Wildman–Crippen LogP) is 1.41. The van der Waals surface area contributed by atoms with Crippen LogP contribution in [0.2, 0.25) is 0 Å². The summed E-state index contributed by atoms with van der Waals surface area (Å²) in [6, 6.07) is 3.47. The number of carboxylic acids is 1. The van der Waals surface area contributed by atoms with Crippen molar-refractivity contribution in [2.24, 2.45) is 5.92 Å². The van der Waals surface area contributed by atoms with E-state index in [0.717, 1.165) is 30.9 Å². The number of hydrogen-bond acceptors (Lipinski definition) is 4. The fraction of sp³-hybridized carbons (Fsp3) is 0.500. The molecule has 0 aromatic carbocycles. The summed E-state index contributed by atoms with van der Waals surface area (Å²) in [5, 5.41) is 12.5. The van der Waals surface area contributed by atoms with Crippen molar-refractivity contribution in [1.29, 1.82) is 0 Å². The number of carbonyl (C=O) groups excluding carboxylic acids is 1. The summed E-state index contributed by atoms with van der Waals surface area (Å²) >= 11 is 1.29. The number of anilines is 1. The molecule has 1 fully saturated rings. The average Bonchev–Trinajstić information content (AvgIpc) is 2.88. The van der Waals surface area contributed by atoms with Crippen molar-refractivity contribution in [3.63, 3.8) is 0 Å². The van der Waals surface area contributed by atoms with Crippen LogP contribution in [0.3, 0.4) is 0 Å².